The molecule has 3 aromatic rings. The van der Waals surface area contributed by atoms with E-state index in [1.165, 1.54) is 6.33 Å². The number of benzene rings is 1. The first-order valence-corrected chi connectivity index (χ1v) is 7.76. The molecule has 0 saturated carbocycles. The SMILES string of the molecule is Clc1ccc(OCCOc2ncnc3sccc23)c(Cl)c1. The van der Waals surface area contributed by atoms with E-state index < -0.39 is 0 Å². The molecule has 0 bridgehead atoms. The Hall–Kier alpha value is -1.56. The molecular formula is C14H10Cl2N2O2S. The molecule has 0 aliphatic carbocycles. The highest BCUT2D eigenvalue weighted by atomic mass is 35.5. The summed E-state index contributed by atoms with van der Waals surface area (Å²) in [6.07, 6.45) is 1.49. The van der Waals surface area contributed by atoms with Gasteiger partial charge in [0.25, 0.3) is 0 Å². The molecule has 0 amide bonds. The summed E-state index contributed by atoms with van der Waals surface area (Å²) in [7, 11) is 0. The molecule has 21 heavy (non-hydrogen) atoms. The minimum absolute atomic E-state index is 0.358. The van der Waals surface area contributed by atoms with Crippen LogP contribution in [0.25, 0.3) is 10.2 Å². The number of rotatable bonds is 5. The van der Waals surface area contributed by atoms with Crippen LogP contribution in [0.5, 0.6) is 11.6 Å². The van der Waals surface area contributed by atoms with Crippen LogP contribution in [0.1, 0.15) is 0 Å². The lowest BCUT2D eigenvalue weighted by Crippen LogP contribution is -2.10. The molecule has 2 heterocycles. The maximum absolute atomic E-state index is 6.02. The zero-order valence-electron chi connectivity index (χ0n) is 10.8. The first-order valence-electron chi connectivity index (χ1n) is 6.13. The molecule has 0 saturated heterocycles. The van der Waals surface area contributed by atoms with Crippen molar-refractivity contribution in [2.45, 2.75) is 0 Å². The summed E-state index contributed by atoms with van der Waals surface area (Å²) in [5.41, 5.74) is 0. The number of fused-ring (bicyclic) bond motifs is 1. The molecule has 7 heteroatoms. The summed E-state index contributed by atoms with van der Waals surface area (Å²) in [6, 6.07) is 7.03. The van der Waals surface area contributed by atoms with Crippen LogP contribution in [0.3, 0.4) is 0 Å². The van der Waals surface area contributed by atoms with Crippen LogP contribution in [0.2, 0.25) is 10.0 Å². The van der Waals surface area contributed by atoms with Crippen molar-refractivity contribution in [1.29, 1.82) is 0 Å². The average Bonchev–Trinajstić information content (AvgIpc) is 2.94. The third-order valence-electron chi connectivity index (χ3n) is 2.70. The van der Waals surface area contributed by atoms with Crippen molar-refractivity contribution in [3.63, 3.8) is 0 Å². The molecule has 4 nitrogen and oxygen atoms in total. The van der Waals surface area contributed by atoms with E-state index in [2.05, 4.69) is 9.97 Å². The molecular weight excluding hydrogens is 331 g/mol. The number of hydrogen-bond donors (Lipinski definition) is 0. The number of ether oxygens (including phenoxy) is 2. The van der Waals surface area contributed by atoms with Crippen LogP contribution in [0.4, 0.5) is 0 Å². The largest absolute Gasteiger partial charge is 0.488 e. The van der Waals surface area contributed by atoms with Gasteiger partial charge in [0.05, 0.1) is 10.4 Å². The summed E-state index contributed by atoms with van der Waals surface area (Å²) < 4.78 is 11.2. The Morgan fingerprint density at radius 2 is 1.90 bits per heavy atom. The molecule has 0 N–H and O–H groups in total. The average molecular weight is 341 g/mol. The van der Waals surface area contributed by atoms with Crippen LogP contribution >= 0.6 is 34.5 Å². The third-order valence-corrected chi connectivity index (χ3v) is 4.05. The Morgan fingerprint density at radius 1 is 1.05 bits per heavy atom. The van der Waals surface area contributed by atoms with Gasteiger partial charge in [-0.15, -0.1) is 11.3 Å². The molecule has 0 atom stereocenters. The van der Waals surface area contributed by atoms with Gasteiger partial charge in [0.15, 0.2) is 0 Å². The van der Waals surface area contributed by atoms with Gasteiger partial charge in [-0.2, -0.15) is 0 Å². The Bertz CT molecular complexity index is 764. The van der Waals surface area contributed by atoms with Crippen molar-refractivity contribution < 1.29 is 9.47 Å². The van der Waals surface area contributed by atoms with Crippen molar-refractivity contribution in [3.8, 4) is 11.6 Å². The van der Waals surface area contributed by atoms with Crippen molar-refractivity contribution in [1.82, 2.24) is 9.97 Å². The Kier molecular flexibility index (Phi) is 4.43. The smallest absolute Gasteiger partial charge is 0.225 e. The van der Waals surface area contributed by atoms with E-state index in [1.54, 1.807) is 29.5 Å². The number of aromatic nitrogens is 2. The normalized spacial score (nSPS) is 10.8. The number of halogens is 2. The van der Waals surface area contributed by atoms with E-state index in [9.17, 15) is 0 Å². The molecule has 3 rings (SSSR count). The van der Waals surface area contributed by atoms with Gasteiger partial charge in [-0.3, -0.25) is 0 Å². The summed E-state index contributed by atoms with van der Waals surface area (Å²) in [6.45, 7) is 0.720. The van der Waals surface area contributed by atoms with Crippen molar-refractivity contribution in [3.05, 3.63) is 46.0 Å². The quantitative estimate of drug-likeness (QED) is 0.643. The van der Waals surface area contributed by atoms with Crippen LogP contribution in [-0.2, 0) is 0 Å². The van der Waals surface area contributed by atoms with Gasteiger partial charge in [-0.1, -0.05) is 23.2 Å². The van der Waals surface area contributed by atoms with Crippen molar-refractivity contribution >= 4 is 44.8 Å². The number of thiophene rings is 1. The lowest BCUT2D eigenvalue weighted by Gasteiger charge is -2.09. The molecule has 2 aromatic heterocycles. The van der Waals surface area contributed by atoms with Crippen molar-refractivity contribution in [2.24, 2.45) is 0 Å². The number of nitrogens with zero attached hydrogens (tertiary/aromatic N) is 2. The highest BCUT2D eigenvalue weighted by Gasteiger charge is 2.06. The maximum Gasteiger partial charge on any atom is 0.225 e. The second kappa shape index (κ2) is 6.47. The second-order valence-electron chi connectivity index (χ2n) is 4.09. The molecule has 0 radical (unpaired) electrons. The third kappa shape index (κ3) is 3.37. The molecule has 0 unspecified atom stereocenters. The van der Waals surface area contributed by atoms with Crippen LogP contribution < -0.4 is 9.47 Å². The Balaban J connectivity index is 1.58. The van der Waals surface area contributed by atoms with Gasteiger partial charge in [-0.05, 0) is 29.6 Å². The van der Waals surface area contributed by atoms with E-state index in [1.807, 2.05) is 11.4 Å². The van der Waals surface area contributed by atoms with Crippen LogP contribution in [0, 0.1) is 0 Å². The summed E-state index contributed by atoms with van der Waals surface area (Å²) in [4.78, 5) is 9.20. The highest BCUT2D eigenvalue weighted by Crippen LogP contribution is 2.28. The lowest BCUT2D eigenvalue weighted by atomic mass is 10.3. The van der Waals surface area contributed by atoms with E-state index in [4.69, 9.17) is 32.7 Å². The molecule has 0 aliphatic rings. The van der Waals surface area contributed by atoms with Crippen LogP contribution in [0.15, 0.2) is 36.0 Å². The van der Waals surface area contributed by atoms with Gasteiger partial charge >= 0.3 is 0 Å². The second-order valence-corrected chi connectivity index (χ2v) is 5.83. The first-order chi connectivity index (χ1) is 10.2. The van der Waals surface area contributed by atoms with Gasteiger partial charge in [0, 0.05) is 5.02 Å². The Morgan fingerprint density at radius 3 is 2.76 bits per heavy atom. The van der Waals surface area contributed by atoms with Gasteiger partial charge < -0.3 is 9.47 Å². The van der Waals surface area contributed by atoms with Gasteiger partial charge in [-0.25, -0.2) is 9.97 Å². The summed E-state index contributed by atoms with van der Waals surface area (Å²) in [5, 5.41) is 3.91. The minimum atomic E-state index is 0.358. The molecule has 0 fully saturated rings. The molecule has 0 aliphatic heterocycles. The van der Waals surface area contributed by atoms with E-state index in [0.717, 1.165) is 10.2 Å². The van der Waals surface area contributed by atoms with Crippen LogP contribution in [-0.4, -0.2) is 23.2 Å². The Labute approximate surface area is 135 Å². The monoisotopic (exact) mass is 340 g/mol. The fraction of sp³-hybridized carbons (Fsp3) is 0.143. The van der Waals surface area contributed by atoms with Gasteiger partial charge in [0.2, 0.25) is 5.88 Å². The predicted molar refractivity (Wildman–Crippen MR) is 84.9 cm³/mol. The first kappa shape index (κ1) is 14.4. The minimum Gasteiger partial charge on any atom is -0.488 e. The maximum atomic E-state index is 6.02. The zero-order valence-corrected chi connectivity index (χ0v) is 13.1. The van der Waals surface area contributed by atoms with Crippen molar-refractivity contribution in [2.75, 3.05) is 13.2 Å². The van der Waals surface area contributed by atoms with E-state index in [-0.39, 0.29) is 0 Å². The van der Waals surface area contributed by atoms with E-state index in [0.29, 0.717) is 34.9 Å². The topological polar surface area (TPSA) is 44.2 Å². The number of hydrogen-bond acceptors (Lipinski definition) is 5. The molecule has 1 aromatic carbocycles. The standard InChI is InChI=1S/C14H10Cl2N2O2S/c15-9-1-2-12(11(16)7-9)19-4-5-20-13-10-3-6-21-14(10)18-8-17-13/h1-3,6-8H,4-5H2. The summed E-state index contributed by atoms with van der Waals surface area (Å²) in [5.74, 6) is 1.14. The zero-order chi connectivity index (χ0) is 14.7. The predicted octanol–water partition coefficient (Wildman–Crippen LogP) is 4.46. The van der Waals surface area contributed by atoms with Gasteiger partial charge in [0.1, 0.15) is 30.1 Å². The fourth-order valence-electron chi connectivity index (χ4n) is 1.76. The summed E-state index contributed by atoms with van der Waals surface area (Å²) >= 11 is 13.4. The highest BCUT2D eigenvalue weighted by molar-refractivity contribution is 7.16. The fourth-order valence-corrected chi connectivity index (χ4v) is 2.95. The molecule has 0 spiro atoms. The van der Waals surface area contributed by atoms with E-state index >= 15 is 0 Å². The molecule has 108 valence electrons. The lowest BCUT2D eigenvalue weighted by molar-refractivity contribution is 0.214.